The van der Waals surface area contributed by atoms with Gasteiger partial charge in [-0.2, -0.15) is 0 Å². The molecule has 1 N–H and O–H groups in total. The van der Waals surface area contributed by atoms with Gasteiger partial charge in [-0.25, -0.2) is 0 Å². The summed E-state index contributed by atoms with van der Waals surface area (Å²) in [5, 5.41) is 8.57. The molecule has 0 aromatic rings. The first-order valence-corrected chi connectivity index (χ1v) is 4.70. The Morgan fingerprint density at radius 1 is 1.54 bits per heavy atom. The number of carbonyl (C=O) groups is 1. The molecule has 76 valence electrons. The molecular weight excluding hydrogens is 164 g/mol. The number of aliphatic carboxylic acids is 1. The zero-order valence-corrected chi connectivity index (χ0v) is 8.84. The minimum Gasteiger partial charge on any atom is -0.481 e. The van der Waals surface area contributed by atoms with Crippen LogP contribution in [0.3, 0.4) is 0 Å². The molecule has 0 heterocycles. The van der Waals surface area contributed by atoms with E-state index in [1.807, 2.05) is 6.08 Å². The lowest BCUT2D eigenvalue weighted by molar-refractivity contribution is -0.137. The van der Waals surface area contributed by atoms with Gasteiger partial charge in [-0.15, -0.1) is 6.58 Å². The van der Waals surface area contributed by atoms with Crippen LogP contribution in [0.5, 0.6) is 0 Å². The van der Waals surface area contributed by atoms with Gasteiger partial charge in [0.1, 0.15) is 0 Å². The molecule has 0 aromatic heterocycles. The minimum absolute atomic E-state index is 0.170. The molecule has 13 heavy (non-hydrogen) atoms. The summed E-state index contributed by atoms with van der Waals surface area (Å²) < 4.78 is 0. The molecule has 1 unspecified atom stereocenters. The lowest BCUT2D eigenvalue weighted by atomic mass is 9.76. The highest BCUT2D eigenvalue weighted by Gasteiger charge is 2.23. The van der Waals surface area contributed by atoms with Crippen LogP contribution in [-0.2, 0) is 4.79 Å². The predicted molar refractivity (Wildman–Crippen MR) is 54.6 cm³/mol. The van der Waals surface area contributed by atoms with E-state index in [9.17, 15) is 4.79 Å². The van der Waals surface area contributed by atoms with E-state index in [2.05, 4.69) is 27.4 Å². The summed E-state index contributed by atoms with van der Waals surface area (Å²) in [6, 6.07) is 0. The Hall–Kier alpha value is -0.790. The summed E-state index contributed by atoms with van der Waals surface area (Å²) in [7, 11) is 0. The van der Waals surface area contributed by atoms with Crippen LogP contribution in [0.1, 0.15) is 40.0 Å². The number of carboxylic acids is 1. The molecule has 0 radical (unpaired) electrons. The monoisotopic (exact) mass is 184 g/mol. The van der Waals surface area contributed by atoms with Crippen LogP contribution in [0.15, 0.2) is 12.7 Å². The van der Waals surface area contributed by atoms with Crippen molar-refractivity contribution in [1.82, 2.24) is 0 Å². The summed E-state index contributed by atoms with van der Waals surface area (Å²) in [6.45, 7) is 10.1. The van der Waals surface area contributed by atoms with Crippen molar-refractivity contribution >= 4 is 5.97 Å². The first-order valence-electron chi connectivity index (χ1n) is 4.70. The molecule has 0 aliphatic carbocycles. The fourth-order valence-electron chi connectivity index (χ4n) is 1.40. The van der Waals surface area contributed by atoms with Crippen LogP contribution in [0.25, 0.3) is 0 Å². The van der Waals surface area contributed by atoms with Crippen molar-refractivity contribution in [2.24, 2.45) is 11.3 Å². The predicted octanol–water partition coefficient (Wildman–Crippen LogP) is 3.09. The van der Waals surface area contributed by atoms with E-state index in [-0.39, 0.29) is 11.8 Å². The van der Waals surface area contributed by atoms with Gasteiger partial charge in [-0.05, 0) is 24.2 Å². The maximum Gasteiger partial charge on any atom is 0.303 e. The van der Waals surface area contributed by atoms with Crippen LogP contribution >= 0.6 is 0 Å². The van der Waals surface area contributed by atoms with Crippen LogP contribution in [0, 0.1) is 11.3 Å². The molecule has 0 bridgehead atoms. The molecule has 0 fully saturated rings. The molecule has 1 atom stereocenters. The van der Waals surface area contributed by atoms with Crippen molar-refractivity contribution in [3.63, 3.8) is 0 Å². The molecule has 2 heteroatoms. The third-order valence-electron chi connectivity index (χ3n) is 2.38. The first-order chi connectivity index (χ1) is 5.88. The van der Waals surface area contributed by atoms with Crippen LogP contribution in [0.2, 0.25) is 0 Å². The van der Waals surface area contributed by atoms with Crippen molar-refractivity contribution in [3.05, 3.63) is 12.7 Å². The average Bonchev–Trinajstić information content (AvgIpc) is 1.95. The second-order valence-corrected chi connectivity index (χ2v) is 4.52. The molecule has 0 spiro atoms. The average molecular weight is 184 g/mol. The van der Waals surface area contributed by atoms with E-state index in [1.165, 1.54) is 0 Å². The van der Waals surface area contributed by atoms with Crippen molar-refractivity contribution in [1.29, 1.82) is 0 Å². The van der Waals surface area contributed by atoms with E-state index in [4.69, 9.17) is 5.11 Å². The number of carboxylic acid groups (broad SMARTS) is 1. The van der Waals surface area contributed by atoms with Crippen LogP contribution in [0.4, 0.5) is 0 Å². The highest BCUT2D eigenvalue weighted by Crippen LogP contribution is 2.32. The minimum atomic E-state index is -0.710. The molecule has 0 aliphatic rings. The lowest BCUT2D eigenvalue weighted by Crippen LogP contribution is -2.20. The quantitative estimate of drug-likeness (QED) is 0.667. The molecule has 0 saturated carbocycles. The van der Waals surface area contributed by atoms with Gasteiger partial charge in [-0.1, -0.05) is 26.8 Å². The maximum absolute atomic E-state index is 10.4. The van der Waals surface area contributed by atoms with Gasteiger partial charge in [0.2, 0.25) is 0 Å². The summed E-state index contributed by atoms with van der Waals surface area (Å²) in [6.07, 6.45) is 3.77. The van der Waals surface area contributed by atoms with E-state index in [0.29, 0.717) is 5.92 Å². The van der Waals surface area contributed by atoms with Gasteiger partial charge in [0.05, 0.1) is 0 Å². The Morgan fingerprint density at radius 2 is 2.08 bits per heavy atom. The van der Waals surface area contributed by atoms with Crippen molar-refractivity contribution in [2.75, 3.05) is 0 Å². The molecule has 0 aliphatic heterocycles. The Bertz CT molecular complexity index is 177. The number of rotatable bonds is 5. The highest BCUT2D eigenvalue weighted by molar-refractivity contribution is 5.66. The van der Waals surface area contributed by atoms with E-state index < -0.39 is 5.97 Å². The zero-order chi connectivity index (χ0) is 10.5. The molecule has 0 saturated heterocycles. The fraction of sp³-hybridized carbons (Fsp3) is 0.727. The summed E-state index contributed by atoms with van der Waals surface area (Å²) in [5.41, 5.74) is 0.170. The smallest absolute Gasteiger partial charge is 0.303 e. The maximum atomic E-state index is 10.4. The molecule has 0 amide bonds. The standard InChI is InChI=1S/C11H20O2/c1-5-6-9(11(2,3)4)7-8-10(12)13/h5,9H,1,6-8H2,2-4H3,(H,12,13). The topological polar surface area (TPSA) is 37.3 Å². The lowest BCUT2D eigenvalue weighted by Gasteiger charge is -2.29. The summed E-state index contributed by atoms with van der Waals surface area (Å²) in [4.78, 5) is 10.4. The normalized spacial score (nSPS) is 13.8. The number of hydrogen-bond donors (Lipinski definition) is 1. The van der Waals surface area contributed by atoms with E-state index >= 15 is 0 Å². The van der Waals surface area contributed by atoms with Gasteiger partial charge in [0, 0.05) is 6.42 Å². The first kappa shape index (κ1) is 12.2. The highest BCUT2D eigenvalue weighted by atomic mass is 16.4. The van der Waals surface area contributed by atoms with Gasteiger partial charge >= 0.3 is 5.97 Å². The molecule has 0 aromatic carbocycles. The van der Waals surface area contributed by atoms with Gasteiger partial charge < -0.3 is 5.11 Å². The third kappa shape index (κ3) is 5.45. The SMILES string of the molecule is C=CCC(CCC(=O)O)C(C)(C)C. The number of hydrogen-bond acceptors (Lipinski definition) is 1. The molecule has 0 rings (SSSR count). The zero-order valence-electron chi connectivity index (χ0n) is 8.84. The van der Waals surface area contributed by atoms with Gasteiger partial charge in [0.15, 0.2) is 0 Å². The molecule has 2 nitrogen and oxygen atoms in total. The summed E-state index contributed by atoms with van der Waals surface area (Å²) >= 11 is 0. The Kier molecular flexibility index (Phi) is 4.74. The second kappa shape index (κ2) is 5.05. The fourth-order valence-corrected chi connectivity index (χ4v) is 1.40. The van der Waals surface area contributed by atoms with Crippen molar-refractivity contribution in [3.8, 4) is 0 Å². The third-order valence-corrected chi connectivity index (χ3v) is 2.38. The summed E-state index contributed by atoms with van der Waals surface area (Å²) in [5.74, 6) is -0.292. The second-order valence-electron chi connectivity index (χ2n) is 4.52. The van der Waals surface area contributed by atoms with Crippen LogP contribution in [-0.4, -0.2) is 11.1 Å². The van der Waals surface area contributed by atoms with Crippen LogP contribution < -0.4 is 0 Å². The molecular formula is C11H20O2. The van der Waals surface area contributed by atoms with E-state index in [0.717, 1.165) is 12.8 Å². The van der Waals surface area contributed by atoms with Crippen molar-refractivity contribution in [2.45, 2.75) is 40.0 Å². The van der Waals surface area contributed by atoms with E-state index in [1.54, 1.807) is 0 Å². The van der Waals surface area contributed by atoms with Gasteiger partial charge in [0.25, 0.3) is 0 Å². The largest absolute Gasteiger partial charge is 0.481 e. The van der Waals surface area contributed by atoms with Gasteiger partial charge in [-0.3, -0.25) is 4.79 Å². The Morgan fingerprint density at radius 3 is 2.38 bits per heavy atom. The Balaban J connectivity index is 4.10. The van der Waals surface area contributed by atoms with Crippen molar-refractivity contribution < 1.29 is 9.90 Å². The Labute approximate surface area is 80.7 Å². The number of allylic oxidation sites excluding steroid dienone is 1.